The molecule has 0 saturated carbocycles. The maximum Gasteiger partial charge on any atom is 0.418 e. The number of nitrogens with two attached hydrogens (primary N) is 2. The molecular formula is C14H13F3N4OS. The normalized spacial score (nSPS) is 11.5. The molecule has 0 unspecified atom stereocenters. The second-order valence-electron chi connectivity index (χ2n) is 4.45. The number of pyridine rings is 2. The molecule has 122 valence electrons. The fourth-order valence-electron chi connectivity index (χ4n) is 1.82. The second kappa shape index (κ2) is 6.97. The standard InChI is InChI=1S/C14H13F3N4OS/c15-14(16,17)9-3-4-10(23-7-5-18)21-11(9)12(22)8-2-1-6-20-13(8)19/h1-4,6H,5,7,18H2,(H2,19,20). The van der Waals surface area contributed by atoms with Crippen LogP contribution in [-0.4, -0.2) is 28.0 Å². The lowest BCUT2D eigenvalue weighted by Gasteiger charge is -2.13. The first-order valence-corrected chi connectivity index (χ1v) is 7.49. The van der Waals surface area contributed by atoms with Gasteiger partial charge in [0.25, 0.3) is 0 Å². The zero-order valence-corrected chi connectivity index (χ0v) is 12.6. The molecule has 0 aliphatic carbocycles. The molecule has 2 aromatic rings. The molecule has 0 bridgehead atoms. The van der Waals surface area contributed by atoms with E-state index in [1.165, 1.54) is 36.2 Å². The Balaban J connectivity index is 2.53. The van der Waals surface area contributed by atoms with Gasteiger partial charge in [-0.3, -0.25) is 4.79 Å². The Morgan fingerprint density at radius 1 is 1.26 bits per heavy atom. The van der Waals surface area contributed by atoms with Gasteiger partial charge in [0, 0.05) is 18.5 Å². The van der Waals surface area contributed by atoms with E-state index in [1.54, 1.807) is 0 Å². The van der Waals surface area contributed by atoms with Gasteiger partial charge in [-0.15, -0.1) is 11.8 Å². The van der Waals surface area contributed by atoms with Gasteiger partial charge < -0.3 is 11.5 Å². The van der Waals surface area contributed by atoms with Crippen LogP contribution in [0.25, 0.3) is 0 Å². The predicted molar refractivity (Wildman–Crippen MR) is 81.1 cm³/mol. The van der Waals surface area contributed by atoms with E-state index < -0.39 is 23.2 Å². The summed E-state index contributed by atoms with van der Waals surface area (Å²) in [6, 6.07) is 4.79. The van der Waals surface area contributed by atoms with E-state index in [4.69, 9.17) is 11.5 Å². The Hall–Kier alpha value is -2.13. The predicted octanol–water partition coefficient (Wildman–Crippen LogP) is 2.36. The van der Waals surface area contributed by atoms with E-state index in [2.05, 4.69) is 9.97 Å². The fourth-order valence-corrected chi connectivity index (χ4v) is 2.47. The van der Waals surface area contributed by atoms with Gasteiger partial charge in [-0.25, -0.2) is 9.97 Å². The summed E-state index contributed by atoms with van der Waals surface area (Å²) in [7, 11) is 0. The highest BCUT2D eigenvalue weighted by Gasteiger charge is 2.37. The third-order valence-electron chi connectivity index (χ3n) is 2.84. The molecule has 0 fully saturated rings. The van der Waals surface area contributed by atoms with Crippen molar-refractivity contribution in [2.24, 2.45) is 5.73 Å². The fraction of sp³-hybridized carbons (Fsp3) is 0.214. The summed E-state index contributed by atoms with van der Waals surface area (Å²) in [4.78, 5) is 20.0. The first-order valence-electron chi connectivity index (χ1n) is 6.51. The van der Waals surface area contributed by atoms with Crippen LogP contribution in [0.15, 0.2) is 35.5 Å². The number of anilines is 1. The zero-order chi connectivity index (χ0) is 17.0. The van der Waals surface area contributed by atoms with Crippen molar-refractivity contribution in [2.45, 2.75) is 11.2 Å². The lowest BCUT2D eigenvalue weighted by Crippen LogP contribution is -2.17. The molecule has 0 spiro atoms. The number of hydrogen-bond donors (Lipinski definition) is 2. The van der Waals surface area contributed by atoms with E-state index in [0.29, 0.717) is 12.3 Å². The molecule has 0 radical (unpaired) electrons. The molecule has 5 nitrogen and oxygen atoms in total. The summed E-state index contributed by atoms with van der Waals surface area (Å²) < 4.78 is 39.4. The molecule has 4 N–H and O–H groups in total. The Kier molecular flexibility index (Phi) is 5.22. The summed E-state index contributed by atoms with van der Waals surface area (Å²) in [5, 5.41) is 0.286. The molecule has 0 aromatic carbocycles. The van der Waals surface area contributed by atoms with Gasteiger partial charge in [0.15, 0.2) is 0 Å². The average Bonchev–Trinajstić information content (AvgIpc) is 2.51. The van der Waals surface area contributed by atoms with Crippen molar-refractivity contribution in [3.63, 3.8) is 0 Å². The Labute approximate surface area is 134 Å². The Morgan fingerprint density at radius 2 is 2.00 bits per heavy atom. The number of ketones is 1. The zero-order valence-electron chi connectivity index (χ0n) is 11.8. The van der Waals surface area contributed by atoms with Gasteiger partial charge >= 0.3 is 6.18 Å². The first kappa shape index (κ1) is 17.2. The van der Waals surface area contributed by atoms with E-state index >= 15 is 0 Å². The topological polar surface area (TPSA) is 94.9 Å². The smallest absolute Gasteiger partial charge is 0.383 e. The number of aromatic nitrogens is 2. The second-order valence-corrected chi connectivity index (χ2v) is 5.56. The molecule has 0 amide bonds. The van der Waals surface area contributed by atoms with Crippen LogP contribution >= 0.6 is 11.8 Å². The summed E-state index contributed by atoms with van der Waals surface area (Å²) in [5.41, 5.74) is 9.01. The van der Waals surface area contributed by atoms with E-state index in [9.17, 15) is 18.0 Å². The van der Waals surface area contributed by atoms with Crippen molar-refractivity contribution < 1.29 is 18.0 Å². The molecule has 0 atom stereocenters. The first-order chi connectivity index (χ1) is 10.8. The van der Waals surface area contributed by atoms with Crippen LogP contribution in [0.2, 0.25) is 0 Å². The van der Waals surface area contributed by atoms with Crippen LogP contribution in [0.4, 0.5) is 19.0 Å². The van der Waals surface area contributed by atoms with Gasteiger partial charge in [0.2, 0.25) is 5.78 Å². The number of hydrogen-bond acceptors (Lipinski definition) is 6. The highest BCUT2D eigenvalue weighted by Crippen LogP contribution is 2.34. The molecule has 0 saturated heterocycles. The SMILES string of the molecule is NCCSc1ccc(C(F)(F)F)c(C(=O)c2cccnc2N)n1. The molecule has 2 rings (SSSR count). The van der Waals surface area contributed by atoms with Crippen molar-refractivity contribution in [1.29, 1.82) is 0 Å². The van der Waals surface area contributed by atoms with E-state index in [-0.39, 0.29) is 16.4 Å². The van der Waals surface area contributed by atoms with Crippen LogP contribution < -0.4 is 11.5 Å². The van der Waals surface area contributed by atoms with Gasteiger partial charge in [-0.1, -0.05) is 0 Å². The van der Waals surface area contributed by atoms with Gasteiger partial charge in [0.1, 0.15) is 11.5 Å². The van der Waals surface area contributed by atoms with Gasteiger partial charge in [-0.05, 0) is 24.3 Å². The van der Waals surface area contributed by atoms with Crippen LogP contribution in [0.1, 0.15) is 21.6 Å². The van der Waals surface area contributed by atoms with Crippen LogP contribution in [0, 0.1) is 0 Å². The van der Waals surface area contributed by atoms with Crippen LogP contribution in [-0.2, 0) is 6.18 Å². The Morgan fingerprint density at radius 3 is 2.61 bits per heavy atom. The number of halogens is 3. The quantitative estimate of drug-likeness (QED) is 0.640. The summed E-state index contributed by atoms with van der Waals surface area (Å²) in [6.07, 6.45) is -3.36. The minimum absolute atomic E-state index is 0.119. The highest BCUT2D eigenvalue weighted by atomic mass is 32.2. The Bertz CT molecular complexity index is 721. The number of rotatable bonds is 5. The molecule has 23 heavy (non-hydrogen) atoms. The number of nitrogens with zero attached hydrogens (tertiary/aromatic N) is 2. The molecule has 0 aliphatic heterocycles. The molecule has 2 aromatic heterocycles. The minimum atomic E-state index is -4.70. The number of nitrogen functional groups attached to an aromatic ring is 1. The van der Waals surface area contributed by atoms with Crippen molar-refractivity contribution in [2.75, 3.05) is 18.0 Å². The number of thioether (sulfide) groups is 1. The number of alkyl halides is 3. The largest absolute Gasteiger partial charge is 0.418 e. The third-order valence-corrected chi connectivity index (χ3v) is 3.80. The van der Waals surface area contributed by atoms with Gasteiger partial charge in [0.05, 0.1) is 16.2 Å². The highest BCUT2D eigenvalue weighted by molar-refractivity contribution is 7.99. The lowest BCUT2D eigenvalue weighted by atomic mass is 10.0. The molecule has 2 heterocycles. The average molecular weight is 342 g/mol. The van der Waals surface area contributed by atoms with Crippen molar-refractivity contribution in [3.05, 3.63) is 47.3 Å². The lowest BCUT2D eigenvalue weighted by molar-refractivity contribution is -0.138. The maximum absolute atomic E-state index is 13.1. The monoisotopic (exact) mass is 342 g/mol. The maximum atomic E-state index is 13.1. The third kappa shape index (κ3) is 3.99. The molecular weight excluding hydrogens is 329 g/mol. The number of carbonyl (C=O) groups is 1. The van der Waals surface area contributed by atoms with E-state index in [1.807, 2.05) is 0 Å². The minimum Gasteiger partial charge on any atom is -0.383 e. The van der Waals surface area contributed by atoms with E-state index in [0.717, 1.165) is 6.07 Å². The number of carbonyl (C=O) groups excluding carboxylic acids is 1. The molecule has 9 heteroatoms. The molecule has 0 aliphatic rings. The van der Waals surface area contributed by atoms with Crippen molar-refractivity contribution in [1.82, 2.24) is 9.97 Å². The summed E-state index contributed by atoms with van der Waals surface area (Å²) in [5.74, 6) is -0.591. The van der Waals surface area contributed by atoms with Crippen molar-refractivity contribution >= 4 is 23.4 Å². The van der Waals surface area contributed by atoms with Crippen LogP contribution in [0.3, 0.4) is 0 Å². The summed E-state index contributed by atoms with van der Waals surface area (Å²) >= 11 is 1.17. The van der Waals surface area contributed by atoms with Crippen molar-refractivity contribution in [3.8, 4) is 0 Å². The van der Waals surface area contributed by atoms with Crippen LogP contribution in [0.5, 0.6) is 0 Å². The summed E-state index contributed by atoms with van der Waals surface area (Å²) in [6.45, 7) is 0.339. The van der Waals surface area contributed by atoms with Gasteiger partial charge in [-0.2, -0.15) is 13.2 Å².